The molecule has 0 aliphatic heterocycles. The first-order valence-corrected chi connectivity index (χ1v) is 8.13. The lowest BCUT2D eigenvalue weighted by molar-refractivity contribution is 0.561. The highest BCUT2D eigenvalue weighted by Crippen LogP contribution is 2.22. The van der Waals surface area contributed by atoms with Crippen LogP contribution in [0.15, 0.2) is 29.4 Å². The Bertz CT molecular complexity index is 750. The molecule has 2 aromatic rings. The van der Waals surface area contributed by atoms with Crippen molar-refractivity contribution in [2.75, 3.05) is 12.3 Å². The molecule has 0 unspecified atom stereocenters. The molecule has 0 atom stereocenters. The van der Waals surface area contributed by atoms with Gasteiger partial charge in [-0.2, -0.15) is 5.10 Å². The number of aromatic nitrogens is 2. The molecule has 21 heavy (non-hydrogen) atoms. The predicted octanol–water partition coefficient (Wildman–Crippen LogP) is 1.37. The Hall–Kier alpha value is -1.86. The van der Waals surface area contributed by atoms with E-state index < -0.39 is 10.0 Å². The van der Waals surface area contributed by atoms with E-state index in [2.05, 4.69) is 9.82 Å². The predicted molar refractivity (Wildman–Crippen MR) is 82.5 cm³/mol. The number of aryl methyl sites for hydroxylation is 3. The van der Waals surface area contributed by atoms with Crippen LogP contribution in [0.1, 0.15) is 16.7 Å². The molecule has 114 valence electrons. The Morgan fingerprint density at radius 3 is 2.52 bits per heavy atom. The highest BCUT2D eigenvalue weighted by atomic mass is 32.2. The number of anilines is 1. The minimum Gasteiger partial charge on any atom is -0.398 e. The maximum Gasteiger partial charge on any atom is 0.242 e. The standard InChI is InChI=1S/C14H20N4O2S/c1-10-8-16-18(9-10)5-4-17-21(19,20)14-7-12(3)11(2)6-13(14)15/h6-9,17H,4-5,15H2,1-3H3. The molecule has 0 spiro atoms. The molecule has 1 heterocycles. The smallest absolute Gasteiger partial charge is 0.242 e. The Balaban J connectivity index is 2.10. The van der Waals surface area contributed by atoms with E-state index >= 15 is 0 Å². The molecule has 0 aliphatic carbocycles. The second kappa shape index (κ2) is 5.87. The van der Waals surface area contributed by atoms with Gasteiger partial charge in [0.05, 0.1) is 18.4 Å². The van der Waals surface area contributed by atoms with E-state index in [0.29, 0.717) is 6.54 Å². The number of benzene rings is 1. The van der Waals surface area contributed by atoms with Crippen molar-refractivity contribution in [3.05, 3.63) is 41.2 Å². The van der Waals surface area contributed by atoms with E-state index in [-0.39, 0.29) is 17.1 Å². The summed E-state index contributed by atoms with van der Waals surface area (Å²) in [5.41, 5.74) is 8.99. The van der Waals surface area contributed by atoms with Crippen LogP contribution in [0.2, 0.25) is 0 Å². The van der Waals surface area contributed by atoms with Gasteiger partial charge in [-0.05, 0) is 49.6 Å². The SMILES string of the molecule is Cc1cnn(CCNS(=O)(=O)c2cc(C)c(C)cc2N)c1. The molecule has 0 radical (unpaired) electrons. The van der Waals surface area contributed by atoms with Gasteiger partial charge in [-0.1, -0.05) is 0 Å². The first-order valence-electron chi connectivity index (χ1n) is 6.65. The lowest BCUT2D eigenvalue weighted by Crippen LogP contribution is -2.28. The Labute approximate surface area is 125 Å². The summed E-state index contributed by atoms with van der Waals surface area (Å²) in [6, 6.07) is 3.28. The van der Waals surface area contributed by atoms with Gasteiger partial charge in [0.25, 0.3) is 0 Å². The molecule has 3 N–H and O–H groups in total. The molecular formula is C14H20N4O2S. The van der Waals surface area contributed by atoms with Gasteiger partial charge >= 0.3 is 0 Å². The van der Waals surface area contributed by atoms with Crippen LogP contribution in [-0.4, -0.2) is 24.7 Å². The van der Waals surface area contributed by atoms with Crippen LogP contribution in [0.25, 0.3) is 0 Å². The van der Waals surface area contributed by atoms with Gasteiger partial charge in [-0.15, -0.1) is 0 Å². The van der Waals surface area contributed by atoms with Crippen LogP contribution in [-0.2, 0) is 16.6 Å². The van der Waals surface area contributed by atoms with E-state index in [9.17, 15) is 8.42 Å². The van der Waals surface area contributed by atoms with Crippen molar-refractivity contribution in [2.45, 2.75) is 32.2 Å². The molecule has 1 aromatic heterocycles. The summed E-state index contributed by atoms with van der Waals surface area (Å²) in [5, 5.41) is 4.11. The van der Waals surface area contributed by atoms with Gasteiger partial charge in [0.1, 0.15) is 4.90 Å². The summed E-state index contributed by atoms with van der Waals surface area (Å²) in [4.78, 5) is 0.127. The quantitative estimate of drug-likeness (QED) is 0.816. The lowest BCUT2D eigenvalue weighted by atomic mass is 10.1. The molecule has 7 heteroatoms. The Morgan fingerprint density at radius 2 is 1.90 bits per heavy atom. The lowest BCUT2D eigenvalue weighted by Gasteiger charge is -2.11. The third kappa shape index (κ3) is 3.62. The number of hydrogen-bond acceptors (Lipinski definition) is 4. The van der Waals surface area contributed by atoms with Crippen molar-refractivity contribution < 1.29 is 8.42 Å². The summed E-state index contributed by atoms with van der Waals surface area (Å²) < 4.78 is 28.8. The molecule has 2 rings (SSSR count). The topological polar surface area (TPSA) is 90.0 Å². The normalized spacial score (nSPS) is 11.8. The van der Waals surface area contributed by atoms with E-state index in [4.69, 9.17) is 5.73 Å². The fourth-order valence-corrected chi connectivity index (χ4v) is 3.22. The molecule has 0 fully saturated rings. The van der Waals surface area contributed by atoms with E-state index in [1.54, 1.807) is 23.0 Å². The van der Waals surface area contributed by atoms with Crippen LogP contribution in [0.5, 0.6) is 0 Å². The van der Waals surface area contributed by atoms with Crippen molar-refractivity contribution in [2.24, 2.45) is 0 Å². The number of nitrogens with one attached hydrogen (secondary N) is 1. The van der Waals surface area contributed by atoms with Crippen molar-refractivity contribution in [3.63, 3.8) is 0 Å². The number of hydrogen-bond donors (Lipinski definition) is 2. The van der Waals surface area contributed by atoms with Crippen molar-refractivity contribution >= 4 is 15.7 Å². The first kappa shape index (κ1) is 15.5. The van der Waals surface area contributed by atoms with Gasteiger partial charge in [-0.3, -0.25) is 4.68 Å². The fraction of sp³-hybridized carbons (Fsp3) is 0.357. The molecule has 0 amide bonds. The minimum absolute atomic E-state index is 0.127. The molecule has 6 nitrogen and oxygen atoms in total. The number of rotatable bonds is 5. The van der Waals surface area contributed by atoms with Crippen LogP contribution in [0.3, 0.4) is 0 Å². The summed E-state index contributed by atoms with van der Waals surface area (Å²) in [7, 11) is -3.61. The van der Waals surface area contributed by atoms with Crippen LogP contribution >= 0.6 is 0 Å². The molecule has 0 aliphatic rings. The first-order chi connectivity index (χ1) is 9.79. The highest BCUT2D eigenvalue weighted by molar-refractivity contribution is 7.89. The third-order valence-corrected chi connectivity index (χ3v) is 4.83. The summed E-state index contributed by atoms with van der Waals surface area (Å²) in [5.74, 6) is 0. The maximum absolute atomic E-state index is 12.3. The zero-order valence-electron chi connectivity index (χ0n) is 12.4. The van der Waals surface area contributed by atoms with Crippen molar-refractivity contribution in [1.29, 1.82) is 0 Å². The number of nitrogens with two attached hydrogens (primary N) is 1. The van der Waals surface area contributed by atoms with Gasteiger partial charge < -0.3 is 5.73 Å². The van der Waals surface area contributed by atoms with Crippen LogP contribution in [0, 0.1) is 20.8 Å². The molecule has 0 saturated carbocycles. The minimum atomic E-state index is -3.61. The number of nitrogen functional groups attached to an aromatic ring is 1. The highest BCUT2D eigenvalue weighted by Gasteiger charge is 2.18. The second-order valence-corrected chi connectivity index (χ2v) is 6.89. The Kier molecular flexibility index (Phi) is 4.34. The van der Waals surface area contributed by atoms with Gasteiger partial charge in [-0.25, -0.2) is 13.1 Å². The van der Waals surface area contributed by atoms with Crippen molar-refractivity contribution in [3.8, 4) is 0 Å². The van der Waals surface area contributed by atoms with Gasteiger partial charge in [0.2, 0.25) is 10.0 Å². The van der Waals surface area contributed by atoms with Crippen LogP contribution in [0.4, 0.5) is 5.69 Å². The molecule has 1 aromatic carbocycles. The fourth-order valence-electron chi connectivity index (χ4n) is 2.01. The summed E-state index contributed by atoms with van der Waals surface area (Å²) in [6.07, 6.45) is 3.59. The van der Waals surface area contributed by atoms with Crippen LogP contribution < -0.4 is 10.5 Å². The molecule has 0 bridgehead atoms. The van der Waals surface area contributed by atoms with Gasteiger partial charge in [0.15, 0.2) is 0 Å². The monoisotopic (exact) mass is 308 g/mol. The third-order valence-electron chi connectivity index (χ3n) is 3.31. The number of sulfonamides is 1. The van der Waals surface area contributed by atoms with Crippen molar-refractivity contribution in [1.82, 2.24) is 14.5 Å². The summed E-state index contributed by atoms with van der Waals surface area (Å²) in [6.45, 7) is 6.42. The zero-order valence-corrected chi connectivity index (χ0v) is 13.2. The largest absolute Gasteiger partial charge is 0.398 e. The zero-order chi connectivity index (χ0) is 15.6. The second-order valence-electron chi connectivity index (χ2n) is 5.15. The van der Waals surface area contributed by atoms with E-state index in [1.807, 2.05) is 27.0 Å². The average Bonchev–Trinajstić information content (AvgIpc) is 2.79. The number of nitrogens with zero attached hydrogens (tertiary/aromatic N) is 2. The van der Waals surface area contributed by atoms with Gasteiger partial charge in [0, 0.05) is 12.7 Å². The molecular weight excluding hydrogens is 288 g/mol. The van der Waals surface area contributed by atoms with E-state index in [1.165, 1.54) is 0 Å². The summed E-state index contributed by atoms with van der Waals surface area (Å²) >= 11 is 0. The average molecular weight is 308 g/mol. The Morgan fingerprint density at radius 1 is 1.24 bits per heavy atom. The molecule has 0 saturated heterocycles. The maximum atomic E-state index is 12.3. The van der Waals surface area contributed by atoms with E-state index in [0.717, 1.165) is 16.7 Å².